The Morgan fingerprint density at radius 2 is 1.67 bits per heavy atom. The van der Waals surface area contributed by atoms with E-state index >= 15 is 0 Å². The van der Waals surface area contributed by atoms with Crippen molar-refractivity contribution < 1.29 is 5.11 Å². The molecule has 0 spiro atoms. The van der Waals surface area contributed by atoms with Crippen LogP contribution in [0.15, 0.2) is 0 Å². The van der Waals surface area contributed by atoms with E-state index in [2.05, 4.69) is 49.4 Å². The zero-order chi connectivity index (χ0) is 13.8. The Bertz CT molecular complexity index is 360. The molecule has 0 aliphatic carbocycles. The van der Waals surface area contributed by atoms with Gasteiger partial charge in [-0.2, -0.15) is 0 Å². The number of rotatable bonds is 6. The van der Waals surface area contributed by atoms with Crippen molar-refractivity contribution >= 4 is 0 Å². The van der Waals surface area contributed by atoms with Gasteiger partial charge in [0, 0.05) is 11.5 Å². The second kappa shape index (κ2) is 6.32. The number of aromatic nitrogens is 3. The van der Waals surface area contributed by atoms with Crippen LogP contribution >= 0.6 is 0 Å². The molecule has 1 rings (SSSR count). The lowest BCUT2D eigenvalue weighted by Crippen LogP contribution is -2.27. The molecule has 1 heterocycles. The average Bonchev–Trinajstić information content (AvgIpc) is 2.72. The van der Waals surface area contributed by atoms with Crippen molar-refractivity contribution in [3.05, 3.63) is 11.6 Å². The Balaban J connectivity index is 3.17. The largest absolute Gasteiger partial charge is 0.388 e. The molecule has 0 aliphatic heterocycles. The van der Waals surface area contributed by atoms with Gasteiger partial charge in [0.1, 0.15) is 12.4 Å². The first-order valence-electron chi connectivity index (χ1n) is 7.01. The van der Waals surface area contributed by atoms with Crippen LogP contribution in [0.4, 0.5) is 0 Å². The third-order valence-electron chi connectivity index (χ3n) is 3.21. The highest BCUT2D eigenvalue weighted by molar-refractivity contribution is 5.06. The molecule has 1 aromatic heterocycles. The molecular formula is C14H27N3O. The van der Waals surface area contributed by atoms with Crippen molar-refractivity contribution in [1.29, 1.82) is 0 Å². The molecule has 104 valence electrons. The molecule has 4 nitrogen and oxygen atoms in total. The molecule has 0 bridgehead atoms. The molecule has 0 fully saturated rings. The molecule has 0 radical (unpaired) electrons. The van der Waals surface area contributed by atoms with Gasteiger partial charge in [-0.05, 0) is 33.6 Å². The van der Waals surface area contributed by atoms with Crippen molar-refractivity contribution in [1.82, 2.24) is 14.8 Å². The summed E-state index contributed by atoms with van der Waals surface area (Å²) >= 11 is 0. The molecule has 0 aliphatic rings. The second-order valence-electron chi connectivity index (χ2n) is 5.91. The first-order chi connectivity index (χ1) is 8.45. The van der Waals surface area contributed by atoms with Crippen molar-refractivity contribution in [2.45, 2.75) is 78.4 Å². The highest BCUT2D eigenvalue weighted by Crippen LogP contribution is 2.29. The molecule has 0 aromatic carbocycles. The predicted molar refractivity (Wildman–Crippen MR) is 73.5 cm³/mol. The zero-order valence-corrected chi connectivity index (χ0v) is 12.4. The van der Waals surface area contributed by atoms with Gasteiger partial charge < -0.3 is 9.67 Å². The van der Waals surface area contributed by atoms with Gasteiger partial charge in [0.15, 0.2) is 5.82 Å². The zero-order valence-electron chi connectivity index (χ0n) is 12.4. The van der Waals surface area contributed by atoms with Crippen LogP contribution < -0.4 is 0 Å². The summed E-state index contributed by atoms with van der Waals surface area (Å²) in [4.78, 5) is 0. The van der Waals surface area contributed by atoms with E-state index in [4.69, 9.17) is 0 Å². The van der Waals surface area contributed by atoms with Gasteiger partial charge in [-0.15, -0.1) is 10.2 Å². The summed E-state index contributed by atoms with van der Waals surface area (Å²) in [7, 11) is 0. The summed E-state index contributed by atoms with van der Waals surface area (Å²) < 4.78 is 2.11. The van der Waals surface area contributed by atoms with Gasteiger partial charge in [0.2, 0.25) is 0 Å². The number of hydrogen-bond donors (Lipinski definition) is 1. The summed E-state index contributed by atoms with van der Waals surface area (Å²) in [6.07, 6.45) is 4.56. The smallest absolute Gasteiger partial charge is 0.159 e. The standard InChI is InChI=1S/C14H27N3O/c1-6-8-11(9-7-2)13-16-15-12(10-18)17(13)14(3,4)5/h11,18H,6-10H2,1-5H3. The van der Waals surface area contributed by atoms with E-state index in [9.17, 15) is 5.11 Å². The molecule has 1 aromatic rings. The summed E-state index contributed by atoms with van der Waals surface area (Å²) in [5, 5.41) is 17.9. The first kappa shape index (κ1) is 15.2. The van der Waals surface area contributed by atoms with Crippen LogP contribution in [-0.2, 0) is 12.1 Å². The van der Waals surface area contributed by atoms with Gasteiger partial charge in [0.05, 0.1) is 0 Å². The molecule has 0 atom stereocenters. The lowest BCUT2D eigenvalue weighted by atomic mass is 9.96. The molecule has 0 saturated heterocycles. The van der Waals surface area contributed by atoms with Crippen LogP contribution in [0.5, 0.6) is 0 Å². The highest BCUT2D eigenvalue weighted by Gasteiger charge is 2.26. The predicted octanol–water partition coefficient (Wildman–Crippen LogP) is 3.21. The van der Waals surface area contributed by atoms with Crippen molar-refractivity contribution in [2.75, 3.05) is 0 Å². The molecule has 1 N–H and O–H groups in total. The van der Waals surface area contributed by atoms with E-state index in [0.717, 1.165) is 31.5 Å². The maximum atomic E-state index is 9.41. The third kappa shape index (κ3) is 3.31. The Morgan fingerprint density at radius 3 is 2.06 bits per heavy atom. The van der Waals surface area contributed by atoms with Crippen molar-refractivity contribution in [2.24, 2.45) is 0 Å². The fourth-order valence-electron chi connectivity index (χ4n) is 2.53. The van der Waals surface area contributed by atoms with Crippen LogP contribution in [0.25, 0.3) is 0 Å². The van der Waals surface area contributed by atoms with Gasteiger partial charge in [-0.25, -0.2) is 0 Å². The van der Waals surface area contributed by atoms with Crippen molar-refractivity contribution in [3.8, 4) is 0 Å². The third-order valence-corrected chi connectivity index (χ3v) is 3.21. The normalized spacial score (nSPS) is 12.4. The fourth-order valence-corrected chi connectivity index (χ4v) is 2.53. The summed E-state index contributed by atoms with van der Waals surface area (Å²) in [5.41, 5.74) is -0.0867. The lowest BCUT2D eigenvalue weighted by Gasteiger charge is -2.27. The average molecular weight is 253 g/mol. The van der Waals surface area contributed by atoms with Gasteiger partial charge in [-0.3, -0.25) is 0 Å². The van der Waals surface area contributed by atoms with E-state index < -0.39 is 0 Å². The van der Waals surface area contributed by atoms with E-state index in [1.807, 2.05) is 0 Å². The molecule has 4 heteroatoms. The number of aliphatic hydroxyl groups is 1. The first-order valence-corrected chi connectivity index (χ1v) is 7.01. The number of nitrogens with zero attached hydrogens (tertiary/aromatic N) is 3. The summed E-state index contributed by atoms with van der Waals surface area (Å²) in [5.74, 6) is 2.16. The van der Waals surface area contributed by atoms with E-state index in [0.29, 0.717) is 11.7 Å². The topological polar surface area (TPSA) is 50.9 Å². The summed E-state index contributed by atoms with van der Waals surface area (Å²) in [6, 6.07) is 0. The van der Waals surface area contributed by atoms with Crippen LogP contribution in [-0.4, -0.2) is 19.9 Å². The van der Waals surface area contributed by atoms with Crippen LogP contribution in [0.1, 0.15) is 77.9 Å². The molecule has 0 saturated carbocycles. The second-order valence-corrected chi connectivity index (χ2v) is 5.91. The lowest BCUT2D eigenvalue weighted by molar-refractivity contribution is 0.246. The minimum absolute atomic E-state index is 0.0464. The fraction of sp³-hybridized carbons (Fsp3) is 0.857. The van der Waals surface area contributed by atoms with E-state index in [-0.39, 0.29) is 12.1 Å². The Kier molecular flexibility index (Phi) is 5.32. The quantitative estimate of drug-likeness (QED) is 0.847. The molecule has 18 heavy (non-hydrogen) atoms. The Morgan fingerprint density at radius 1 is 1.11 bits per heavy atom. The van der Waals surface area contributed by atoms with Crippen LogP contribution in [0, 0.1) is 0 Å². The van der Waals surface area contributed by atoms with E-state index in [1.54, 1.807) is 0 Å². The maximum Gasteiger partial charge on any atom is 0.159 e. The summed E-state index contributed by atoms with van der Waals surface area (Å²) in [6.45, 7) is 10.8. The number of hydrogen-bond acceptors (Lipinski definition) is 3. The van der Waals surface area contributed by atoms with Gasteiger partial charge >= 0.3 is 0 Å². The van der Waals surface area contributed by atoms with Gasteiger partial charge in [0.25, 0.3) is 0 Å². The molecular weight excluding hydrogens is 226 g/mol. The molecule has 0 unspecified atom stereocenters. The van der Waals surface area contributed by atoms with Crippen LogP contribution in [0.3, 0.4) is 0 Å². The van der Waals surface area contributed by atoms with Crippen molar-refractivity contribution in [3.63, 3.8) is 0 Å². The van der Waals surface area contributed by atoms with Gasteiger partial charge in [-0.1, -0.05) is 26.7 Å². The monoisotopic (exact) mass is 253 g/mol. The minimum atomic E-state index is -0.0867. The Hall–Kier alpha value is -0.900. The minimum Gasteiger partial charge on any atom is -0.388 e. The van der Waals surface area contributed by atoms with E-state index in [1.165, 1.54) is 0 Å². The SMILES string of the molecule is CCCC(CCC)c1nnc(CO)n1C(C)(C)C. The Labute approximate surface area is 110 Å². The van der Waals surface area contributed by atoms with Crippen LogP contribution in [0.2, 0.25) is 0 Å². The molecule has 0 amide bonds. The highest BCUT2D eigenvalue weighted by atomic mass is 16.3. The number of aliphatic hydroxyl groups excluding tert-OH is 1. The maximum absolute atomic E-state index is 9.41.